The van der Waals surface area contributed by atoms with Crippen molar-refractivity contribution in [1.29, 1.82) is 0 Å². The summed E-state index contributed by atoms with van der Waals surface area (Å²) < 4.78 is 38.5. The Balaban J connectivity index is 3.20. The van der Waals surface area contributed by atoms with Crippen LogP contribution in [0.3, 0.4) is 0 Å². The highest BCUT2D eigenvalue weighted by molar-refractivity contribution is 5.28. The molecule has 0 spiro atoms. The minimum absolute atomic E-state index is 0.321. The molecular weight excluding hydrogens is 203 g/mol. The lowest BCUT2D eigenvalue weighted by Gasteiger charge is -2.16. The van der Waals surface area contributed by atoms with E-state index in [9.17, 15) is 13.2 Å². The maximum Gasteiger partial charge on any atom is 0.194 e. The lowest BCUT2D eigenvalue weighted by atomic mass is 10.0. The van der Waals surface area contributed by atoms with Crippen LogP contribution in [0.15, 0.2) is 24.3 Å². The first-order valence-electron chi connectivity index (χ1n) is 4.44. The largest absolute Gasteiger partial charge is 0.310 e. The Hall–Kier alpha value is -1.29. The lowest BCUT2D eigenvalue weighted by Crippen LogP contribution is -2.17. The van der Waals surface area contributed by atoms with Crippen molar-refractivity contribution in [1.82, 2.24) is 5.32 Å². The first-order chi connectivity index (χ1) is 6.97. The Morgan fingerprint density at radius 3 is 2.07 bits per heavy atom. The van der Waals surface area contributed by atoms with Crippen LogP contribution in [0.25, 0.3) is 0 Å². The fourth-order valence-corrected chi connectivity index (χ4v) is 1.44. The van der Waals surface area contributed by atoms with Gasteiger partial charge in [-0.15, -0.1) is 0 Å². The van der Waals surface area contributed by atoms with Crippen molar-refractivity contribution in [3.63, 3.8) is 0 Å². The summed E-state index contributed by atoms with van der Waals surface area (Å²) in [6, 6.07) is 1.55. The van der Waals surface area contributed by atoms with Gasteiger partial charge in [0.2, 0.25) is 0 Å². The van der Waals surface area contributed by atoms with Crippen LogP contribution < -0.4 is 5.32 Å². The van der Waals surface area contributed by atoms with Gasteiger partial charge in [-0.2, -0.15) is 0 Å². The number of benzene rings is 1. The molecule has 1 aromatic carbocycles. The summed E-state index contributed by atoms with van der Waals surface area (Å²) in [4.78, 5) is 0. The number of likely N-dealkylation sites (N-methyl/N-ethyl adjacent to an activating group) is 1. The second-order valence-electron chi connectivity index (χ2n) is 3.37. The van der Waals surface area contributed by atoms with Gasteiger partial charge in [0.05, 0.1) is 6.04 Å². The molecule has 1 N–H and O–H groups in total. The van der Waals surface area contributed by atoms with E-state index in [0.29, 0.717) is 11.1 Å². The zero-order valence-corrected chi connectivity index (χ0v) is 8.57. The maximum absolute atomic E-state index is 12.9. The minimum Gasteiger partial charge on any atom is -0.310 e. The van der Waals surface area contributed by atoms with Crippen molar-refractivity contribution in [3.8, 4) is 0 Å². The molecule has 0 saturated heterocycles. The molecular formula is C11H12F3N. The molecule has 0 radical (unpaired) electrons. The van der Waals surface area contributed by atoms with E-state index in [1.54, 1.807) is 14.0 Å². The third kappa shape index (κ3) is 2.39. The number of halogens is 3. The molecule has 0 heterocycles. The van der Waals surface area contributed by atoms with E-state index in [4.69, 9.17) is 0 Å². The Morgan fingerprint density at radius 2 is 1.73 bits per heavy atom. The molecule has 1 atom stereocenters. The number of rotatable bonds is 3. The molecule has 4 heteroatoms. The van der Waals surface area contributed by atoms with Gasteiger partial charge in [-0.05, 0) is 31.7 Å². The normalized spacial score (nSPS) is 12.6. The first-order valence-corrected chi connectivity index (χ1v) is 4.44. The molecule has 0 saturated carbocycles. The quantitative estimate of drug-likeness (QED) is 0.603. The zero-order valence-electron chi connectivity index (χ0n) is 8.57. The van der Waals surface area contributed by atoms with E-state index in [1.165, 1.54) is 0 Å². The van der Waals surface area contributed by atoms with Gasteiger partial charge in [-0.1, -0.05) is 12.2 Å². The van der Waals surface area contributed by atoms with E-state index >= 15 is 0 Å². The van der Waals surface area contributed by atoms with Gasteiger partial charge in [0.25, 0.3) is 0 Å². The van der Waals surface area contributed by atoms with Crippen LogP contribution in [-0.2, 0) is 0 Å². The van der Waals surface area contributed by atoms with Crippen molar-refractivity contribution >= 4 is 0 Å². The molecule has 82 valence electrons. The van der Waals surface area contributed by atoms with Crippen molar-refractivity contribution in [2.75, 3.05) is 7.05 Å². The van der Waals surface area contributed by atoms with Crippen molar-refractivity contribution in [3.05, 3.63) is 47.3 Å². The van der Waals surface area contributed by atoms with E-state index in [-0.39, 0.29) is 6.04 Å². The smallest absolute Gasteiger partial charge is 0.194 e. The monoisotopic (exact) mass is 215 g/mol. The third-order valence-electron chi connectivity index (χ3n) is 2.12. The summed E-state index contributed by atoms with van der Waals surface area (Å²) in [5, 5.41) is 2.84. The number of hydrogen-bond donors (Lipinski definition) is 1. The fraction of sp³-hybridized carbons (Fsp3) is 0.273. The lowest BCUT2D eigenvalue weighted by molar-refractivity contribution is 0.443. The Labute approximate surface area is 86.6 Å². The van der Waals surface area contributed by atoms with Gasteiger partial charge >= 0.3 is 0 Å². The Kier molecular flexibility index (Phi) is 3.52. The summed E-state index contributed by atoms with van der Waals surface area (Å²) >= 11 is 0. The molecule has 0 aliphatic heterocycles. The van der Waals surface area contributed by atoms with E-state index in [0.717, 1.165) is 12.1 Å². The molecule has 0 amide bonds. The van der Waals surface area contributed by atoms with Crippen molar-refractivity contribution in [2.24, 2.45) is 0 Å². The summed E-state index contributed by atoms with van der Waals surface area (Å²) in [5.41, 5.74) is 1.02. The first kappa shape index (κ1) is 11.8. The highest BCUT2D eigenvalue weighted by Gasteiger charge is 2.16. The third-order valence-corrected chi connectivity index (χ3v) is 2.12. The molecule has 0 aliphatic carbocycles. The Bertz CT molecular complexity index is 364. The van der Waals surface area contributed by atoms with Gasteiger partial charge in [-0.3, -0.25) is 0 Å². The molecule has 0 aromatic heterocycles. The molecule has 0 fully saturated rings. The molecule has 1 rings (SSSR count). The van der Waals surface area contributed by atoms with Crippen molar-refractivity contribution in [2.45, 2.75) is 13.0 Å². The molecule has 1 unspecified atom stereocenters. The van der Waals surface area contributed by atoms with Crippen LogP contribution in [0.4, 0.5) is 13.2 Å². The number of nitrogens with one attached hydrogen (secondary N) is 1. The molecule has 0 aliphatic rings. The summed E-state index contributed by atoms with van der Waals surface area (Å²) in [6.07, 6.45) is 0. The van der Waals surface area contributed by atoms with Gasteiger partial charge in [0.1, 0.15) is 0 Å². The van der Waals surface area contributed by atoms with Crippen LogP contribution in [0.2, 0.25) is 0 Å². The van der Waals surface area contributed by atoms with Crippen LogP contribution in [0.5, 0.6) is 0 Å². The van der Waals surface area contributed by atoms with E-state index in [1.807, 2.05) is 0 Å². The highest BCUT2D eigenvalue weighted by Crippen LogP contribution is 2.23. The van der Waals surface area contributed by atoms with Crippen LogP contribution in [-0.4, -0.2) is 7.05 Å². The molecule has 0 bridgehead atoms. The average Bonchev–Trinajstić information content (AvgIpc) is 2.14. The molecule has 15 heavy (non-hydrogen) atoms. The molecule has 1 nitrogen and oxygen atoms in total. The SMILES string of the molecule is C=C(C)C(NC)c1cc(F)c(F)c(F)c1. The van der Waals surface area contributed by atoms with Crippen LogP contribution >= 0.6 is 0 Å². The summed E-state index contributed by atoms with van der Waals surface area (Å²) in [6.45, 7) is 5.41. The summed E-state index contributed by atoms with van der Waals surface area (Å²) in [7, 11) is 1.64. The van der Waals surface area contributed by atoms with Gasteiger partial charge in [-0.25, -0.2) is 13.2 Å². The van der Waals surface area contributed by atoms with Crippen LogP contribution in [0, 0.1) is 17.5 Å². The summed E-state index contributed by atoms with van der Waals surface area (Å²) in [5.74, 6) is -3.83. The standard InChI is InChI=1S/C11H12F3N/c1-6(2)11(15-3)7-4-8(12)10(14)9(13)5-7/h4-5,11,15H,1H2,2-3H3. The Morgan fingerprint density at radius 1 is 1.27 bits per heavy atom. The minimum atomic E-state index is -1.45. The van der Waals surface area contributed by atoms with Crippen molar-refractivity contribution < 1.29 is 13.2 Å². The van der Waals surface area contributed by atoms with Gasteiger partial charge in [0, 0.05) is 0 Å². The number of hydrogen-bond acceptors (Lipinski definition) is 1. The average molecular weight is 215 g/mol. The van der Waals surface area contributed by atoms with E-state index in [2.05, 4.69) is 11.9 Å². The second kappa shape index (κ2) is 4.49. The second-order valence-corrected chi connectivity index (χ2v) is 3.37. The van der Waals surface area contributed by atoms with Crippen LogP contribution in [0.1, 0.15) is 18.5 Å². The predicted octanol–water partition coefficient (Wildman–Crippen LogP) is 2.94. The topological polar surface area (TPSA) is 12.0 Å². The van der Waals surface area contributed by atoms with Gasteiger partial charge in [0.15, 0.2) is 17.5 Å². The molecule has 1 aromatic rings. The van der Waals surface area contributed by atoms with E-state index < -0.39 is 17.5 Å². The zero-order chi connectivity index (χ0) is 11.6. The van der Waals surface area contributed by atoms with Gasteiger partial charge < -0.3 is 5.32 Å². The maximum atomic E-state index is 12.9. The predicted molar refractivity (Wildman–Crippen MR) is 52.9 cm³/mol. The fourth-order valence-electron chi connectivity index (χ4n) is 1.44. The highest BCUT2D eigenvalue weighted by atomic mass is 19.2.